The van der Waals surface area contributed by atoms with Crippen molar-refractivity contribution in [1.82, 2.24) is 0 Å². The number of alkyl halides is 1. The van der Waals surface area contributed by atoms with Crippen LogP contribution < -0.4 is 0 Å². The SMILES string of the molecule is BrCCCCC=CI. The Hall–Kier alpha value is 0.950. The van der Waals surface area contributed by atoms with Gasteiger partial charge in [0.15, 0.2) is 0 Å². The van der Waals surface area contributed by atoms with Gasteiger partial charge >= 0.3 is 0 Å². The summed E-state index contributed by atoms with van der Waals surface area (Å²) in [4.78, 5) is 0. The molecule has 0 aromatic carbocycles. The van der Waals surface area contributed by atoms with E-state index in [1.807, 2.05) is 0 Å². The molecule has 0 bridgehead atoms. The van der Waals surface area contributed by atoms with Gasteiger partial charge in [0.2, 0.25) is 0 Å². The minimum atomic E-state index is 1.14. The Bertz CT molecular complexity index is 61.5. The molecule has 48 valence electrons. The lowest BCUT2D eigenvalue weighted by atomic mass is 10.2. The quantitative estimate of drug-likeness (QED) is 0.422. The normalized spacial score (nSPS) is 10.8. The van der Waals surface area contributed by atoms with Crippen molar-refractivity contribution in [3.63, 3.8) is 0 Å². The van der Waals surface area contributed by atoms with Crippen molar-refractivity contribution in [2.75, 3.05) is 5.33 Å². The monoisotopic (exact) mass is 288 g/mol. The minimum Gasteiger partial charge on any atom is -0.0928 e. The predicted octanol–water partition coefficient (Wildman–Crippen LogP) is 3.50. The Kier molecular flexibility index (Phi) is 8.89. The van der Waals surface area contributed by atoms with E-state index in [1.54, 1.807) is 0 Å². The summed E-state index contributed by atoms with van der Waals surface area (Å²) in [6.45, 7) is 0. The van der Waals surface area contributed by atoms with Gasteiger partial charge in [0.05, 0.1) is 0 Å². The summed E-state index contributed by atoms with van der Waals surface area (Å²) in [5.74, 6) is 0. The first-order valence-corrected chi connectivity index (χ1v) is 5.09. The van der Waals surface area contributed by atoms with Gasteiger partial charge in [-0.3, -0.25) is 0 Å². The molecule has 0 saturated heterocycles. The van der Waals surface area contributed by atoms with Crippen LogP contribution in [0.4, 0.5) is 0 Å². The van der Waals surface area contributed by atoms with Gasteiger partial charge in [-0.25, -0.2) is 0 Å². The molecular weight excluding hydrogens is 279 g/mol. The maximum Gasteiger partial charge on any atom is 0.00314 e. The van der Waals surface area contributed by atoms with E-state index in [-0.39, 0.29) is 0 Å². The van der Waals surface area contributed by atoms with Gasteiger partial charge in [-0.1, -0.05) is 44.6 Å². The summed E-state index contributed by atoms with van der Waals surface area (Å²) in [5.41, 5.74) is 0. The lowest BCUT2D eigenvalue weighted by Crippen LogP contribution is -1.72. The van der Waals surface area contributed by atoms with E-state index in [1.165, 1.54) is 19.3 Å². The lowest BCUT2D eigenvalue weighted by molar-refractivity contribution is 0.828. The third-order valence-corrected chi connectivity index (χ3v) is 1.91. The molecule has 0 aliphatic heterocycles. The number of rotatable bonds is 4. The van der Waals surface area contributed by atoms with Crippen molar-refractivity contribution in [3.05, 3.63) is 10.2 Å². The van der Waals surface area contributed by atoms with Crippen molar-refractivity contribution in [2.24, 2.45) is 0 Å². The highest BCUT2D eigenvalue weighted by molar-refractivity contribution is 14.1. The molecule has 0 aromatic rings. The second-order valence-electron chi connectivity index (χ2n) is 1.55. The van der Waals surface area contributed by atoms with Gasteiger partial charge in [0, 0.05) is 5.33 Å². The highest BCUT2D eigenvalue weighted by atomic mass is 127. The molecule has 0 aliphatic carbocycles. The zero-order chi connectivity index (χ0) is 6.24. The van der Waals surface area contributed by atoms with Crippen LogP contribution in [0.2, 0.25) is 0 Å². The van der Waals surface area contributed by atoms with Crippen LogP contribution >= 0.6 is 38.5 Å². The minimum absolute atomic E-state index is 1.14. The van der Waals surface area contributed by atoms with Gasteiger partial charge in [-0.15, -0.1) is 0 Å². The molecule has 0 nitrogen and oxygen atoms in total. The molecule has 0 fully saturated rings. The molecule has 0 N–H and O–H groups in total. The fourth-order valence-corrected chi connectivity index (χ4v) is 1.18. The molecule has 0 heterocycles. The summed E-state index contributed by atoms with van der Waals surface area (Å²) in [6, 6.07) is 0. The molecule has 0 radical (unpaired) electrons. The average Bonchev–Trinajstić information content (AvgIpc) is 1.81. The van der Waals surface area contributed by atoms with Crippen molar-refractivity contribution < 1.29 is 0 Å². The maximum absolute atomic E-state index is 3.38. The second kappa shape index (κ2) is 7.95. The molecule has 0 unspecified atom stereocenters. The van der Waals surface area contributed by atoms with Crippen LogP contribution in [-0.4, -0.2) is 5.33 Å². The van der Waals surface area contributed by atoms with E-state index in [4.69, 9.17) is 0 Å². The second-order valence-corrected chi connectivity index (χ2v) is 3.06. The smallest absolute Gasteiger partial charge is 0.00314 e. The van der Waals surface area contributed by atoms with Crippen molar-refractivity contribution in [3.8, 4) is 0 Å². The molecule has 0 aliphatic rings. The summed E-state index contributed by atoms with van der Waals surface area (Å²) >= 11 is 5.62. The zero-order valence-corrected chi connectivity index (χ0v) is 8.48. The summed E-state index contributed by atoms with van der Waals surface area (Å²) in [7, 11) is 0. The van der Waals surface area contributed by atoms with E-state index >= 15 is 0 Å². The molecule has 0 aromatic heterocycles. The molecule has 0 atom stereocenters. The first kappa shape index (κ1) is 8.95. The van der Waals surface area contributed by atoms with Gasteiger partial charge in [-0.2, -0.15) is 0 Å². The van der Waals surface area contributed by atoms with E-state index in [9.17, 15) is 0 Å². The molecule has 0 amide bonds. The van der Waals surface area contributed by atoms with E-state index in [0.29, 0.717) is 0 Å². The standard InChI is InChI=1S/C6H10BrI/c7-5-3-1-2-4-6-8/h4,6H,1-3,5H2. The van der Waals surface area contributed by atoms with Crippen LogP contribution in [0.1, 0.15) is 19.3 Å². The molecule has 0 rings (SSSR count). The van der Waals surface area contributed by atoms with E-state index < -0.39 is 0 Å². The molecule has 0 saturated carbocycles. The van der Waals surface area contributed by atoms with E-state index in [0.717, 1.165) is 5.33 Å². The molecular formula is C6H10BrI. The fourth-order valence-electron chi connectivity index (χ4n) is 0.420. The number of halogens is 2. The van der Waals surface area contributed by atoms with Gasteiger partial charge in [0.25, 0.3) is 0 Å². The highest BCUT2D eigenvalue weighted by Crippen LogP contribution is 2.00. The highest BCUT2D eigenvalue weighted by Gasteiger charge is 1.79. The Labute approximate surface area is 73.0 Å². The number of allylic oxidation sites excluding steroid dienone is 1. The zero-order valence-electron chi connectivity index (χ0n) is 4.74. The first-order chi connectivity index (χ1) is 3.91. The number of hydrogen-bond acceptors (Lipinski definition) is 0. The van der Waals surface area contributed by atoms with Crippen LogP contribution in [0.3, 0.4) is 0 Å². The van der Waals surface area contributed by atoms with Gasteiger partial charge in [0.1, 0.15) is 0 Å². The van der Waals surface area contributed by atoms with Gasteiger partial charge < -0.3 is 0 Å². The number of unbranched alkanes of at least 4 members (excludes halogenated alkanes) is 2. The van der Waals surface area contributed by atoms with Crippen LogP contribution in [0.5, 0.6) is 0 Å². The third kappa shape index (κ3) is 6.95. The summed E-state index contributed by atoms with van der Waals surface area (Å²) < 4.78 is 2.08. The van der Waals surface area contributed by atoms with Crippen LogP contribution in [0, 0.1) is 0 Å². The lowest BCUT2D eigenvalue weighted by Gasteiger charge is -1.87. The Balaban J connectivity index is 2.72. The average molecular weight is 289 g/mol. The first-order valence-electron chi connectivity index (χ1n) is 2.73. The van der Waals surface area contributed by atoms with Crippen molar-refractivity contribution in [2.45, 2.75) is 19.3 Å². The topological polar surface area (TPSA) is 0 Å². The molecule has 8 heavy (non-hydrogen) atoms. The Morgan fingerprint density at radius 2 is 2.12 bits per heavy atom. The summed E-state index contributed by atoms with van der Waals surface area (Å²) in [5, 5.41) is 1.14. The summed E-state index contributed by atoms with van der Waals surface area (Å²) in [6.07, 6.45) is 6.03. The Morgan fingerprint density at radius 1 is 1.38 bits per heavy atom. The van der Waals surface area contributed by atoms with Crippen LogP contribution in [0.25, 0.3) is 0 Å². The largest absolute Gasteiger partial charge is 0.0928 e. The third-order valence-electron chi connectivity index (χ3n) is 0.844. The van der Waals surface area contributed by atoms with Crippen LogP contribution in [0.15, 0.2) is 10.2 Å². The number of hydrogen-bond donors (Lipinski definition) is 0. The van der Waals surface area contributed by atoms with Gasteiger partial charge in [-0.05, 0) is 23.3 Å². The van der Waals surface area contributed by atoms with E-state index in [2.05, 4.69) is 48.7 Å². The maximum atomic E-state index is 3.38. The van der Waals surface area contributed by atoms with Crippen molar-refractivity contribution in [1.29, 1.82) is 0 Å². The van der Waals surface area contributed by atoms with Crippen molar-refractivity contribution >= 4 is 38.5 Å². The fraction of sp³-hybridized carbons (Fsp3) is 0.667. The predicted molar refractivity (Wildman–Crippen MR) is 50.8 cm³/mol. The molecule has 2 heteroatoms. The Morgan fingerprint density at radius 3 is 2.62 bits per heavy atom. The molecule has 0 spiro atoms. The van der Waals surface area contributed by atoms with Crippen LogP contribution in [-0.2, 0) is 0 Å².